The Balaban J connectivity index is 1.35. The highest BCUT2D eigenvalue weighted by molar-refractivity contribution is 9.10. The van der Waals surface area contributed by atoms with Crippen molar-refractivity contribution < 1.29 is 4.79 Å². The second kappa shape index (κ2) is 8.19. The van der Waals surface area contributed by atoms with E-state index in [0.29, 0.717) is 13.1 Å². The number of carbonyl (C=O) groups is 1. The van der Waals surface area contributed by atoms with Crippen LogP contribution in [0.25, 0.3) is 0 Å². The molecule has 2 heterocycles. The summed E-state index contributed by atoms with van der Waals surface area (Å²) in [6, 6.07) is 17.8. The summed E-state index contributed by atoms with van der Waals surface area (Å²) in [6.45, 7) is 2.95. The van der Waals surface area contributed by atoms with Crippen molar-refractivity contribution >= 4 is 38.5 Å². The van der Waals surface area contributed by atoms with Crippen LogP contribution in [0, 0.1) is 0 Å². The number of anilines is 1. The Labute approximate surface area is 170 Å². The first-order chi connectivity index (χ1) is 13.2. The smallest absolute Gasteiger partial charge is 0.253 e. The average Bonchev–Trinajstić information content (AvgIpc) is 3.17. The van der Waals surface area contributed by atoms with Crippen LogP contribution in [0.2, 0.25) is 0 Å². The van der Waals surface area contributed by atoms with E-state index in [9.17, 15) is 4.79 Å². The lowest BCUT2D eigenvalue weighted by molar-refractivity contribution is 0.0746. The SMILES string of the molecule is O=C(c1ccc(Br)cc1)N1CCN(c2nc(Cc3ccccc3)ns2)CC1. The van der Waals surface area contributed by atoms with E-state index in [0.717, 1.165) is 40.5 Å². The van der Waals surface area contributed by atoms with E-state index in [1.165, 1.54) is 17.1 Å². The number of nitrogens with zero attached hydrogens (tertiary/aromatic N) is 4. The van der Waals surface area contributed by atoms with Gasteiger partial charge in [-0.3, -0.25) is 4.79 Å². The van der Waals surface area contributed by atoms with Gasteiger partial charge in [-0.05, 0) is 29.8 Å². The van der Waals surface area contributed by atoms with Gasteiger partial charge in [0.05, 0.1) is 0 Å². The number of hydrogen-bond acceptors (Lipinski definition) is 5. The highest BCUT2D eigenvalue weighted by atomic mass is 79.9. The minimum Gasteiger partial charge on any atom is -0.343 e. The summed E-state index contributed by atoms with van der Waals surface area (Å²) in [5, 5.41) is 0.941. The lowest BCUT2D eigenvalue weighted by atomic mass is 10.1. The molecular weight excluding hydrogens is 424 g/mol. The van der Waals surface area contributed by atoms with Gasteiger partial charge in [0.2, 0.25) is 5.13 Å². The van der Waals surface area contributed by atoms with Gasteiger partial charge in [-0.2, -0.15) is 4.37 Å². The summed E-state index contributed by atoms with van der Waals surface area (Å²) in [5.74, 6) is 0.943. The van der Waals surface area contributed by atoms with Crippen LogP contribution in [-0.2, 0) is 6.42 Å². The molecular formula is C20H19BrN4OS. The zero-order valence-electron chi connectivity index (χ0n) is 14.7. The fourth-order valence-electron chi connectivity index (χ4n) is 3.10. The van der Waals surface area contributed by atoms with Crippen molar-refractivity contribution in [1.29, 1.82) is 0 Å². The molecule has 0 N–H and O–H groups in total. The Morgan fingerprint density at radius 3 is 2.41 bits per heavy atom. The number of carbonyl (C=O) groups excluding carboxylic acids is 1. The molecule has 3 aromatic rings. The maximum atomic E-state index is 12.6. The molecule has 138 valence electrons. The fraction of sp³-hybridized carbons (Fsp3) is 0.250. The number of halogens is 1. The van der Waals surface area contributed by atoms with Crippen molar-refractivity contribution in [3.05, 3.63) is 76.0 Å². The largest absolute Gasteiger partial charge is 0.343 e. The minimum atomic E-state index is 0.0872. The number of rotatable bonds is 4. The van der Waals surface area contributed by atoms with Gasteiger partial charge in [-0.1, -0.05) is 46.3 Å². The zero-order chi connectivity index (χ0) is 18.6. The lowest BCUT2D eigenvalue weighted by Gasteiger charge is -2.34. The standard InChI is InChI=1S/C20H19BrN4OS/c21-17-8-6-16(7-9-17)19(26)24-10-12-25(13-11-24)20-22-18(23-27-20)14-15-4-2-1-3-5-15/h1-9H,10-14H2. The second-order valence-electron chi connectivity index (χ2n) is 6.44. The maximum absolute atomic E-state index is 12.6. The molecule has 1 aromatic heterocycles. The van der Waals surface area contributed by atoms with Gasteiger partial charge < -0.3 is 9.80 Å². The number of piperazine rings is 1. The molecule has 27 heavy (non-hydrogen) atoms. The zero-order valence-corrected chi connectivity index (χ0v) is 17.1. The van der Waals surface area contributed by atoms with Crippen molar-refractivity contribution in [2.75, 3.05) is 31.1 Å². The number of amides is 1. The quantitative estimate of drug-likeness (QED) is 0.615. The van der Waals surface area contributed by atoms with Gasteiger partial charge in [-0.15, -0.1) is 0 Å². The Kier molecular flexibility index (Phi) is 5.50. The molecule has 4 rings (SSSR count). The topological polar surface area (TPSA) is 49.3 Å². The van der Waals surface area contributed by atoms with Crippen LogP contribution in [0.4, 0.5) is 5.13 Å². The first-order valence-corrected chi connectivity index (χ1v) is 10.4. The summed E-state index contributed by atoms with van der Waals surface area (Å²) in [7, 11) is 0. The number of hydrogen-bond donors (Lipinski definition) is 0. The highest BCUT2D eigenvalue weighted by Gasteiger charge is 2.24. The second-order valence-corrected chi connectivity index (χ2v) is 8.09. The predicted molar refractivity (Wildman–Crippen MR) is 111 cm³/mol. The van der Waals surface area contributed by atoms with Crippen LogP contribution in [-0.4, -0.2) is 46.3 Å². The van der Waals surface area contributed by atoms with E-state index in [1.54, 1.807) is 0 Å². The van der Waals surface area contributed by atoms with Gasteiger partial charge in [0.15, 0.2) is 0 Å². The van der Waals surface area contributed by atoms with E-state index >= 15 is 0 Å². The third kappa shape index (κ3) is 4.36. The van der Waals surface area contributed by atoms with Crippen molar-refractivity contribution in [3.8, 4) is 0 Å². The minimum absolute atomic E-state index is 0.0872. The maximum Gasteiger partial charge on any atom is 0.253 e. The molecule has 2 aromatic carbocycles. The first kappa shape index (κ1) is 18.1. The Bertz CT molecular complexity index is 905. The van der Waals surface area contributed by atoms with Crippen molar-refractivity contribution in [3.63, 3.8) is 0 Å². The monoisotopic (exact) mass is 442 g/mol. The van der Waals surface area contributed by atoms with Gasteiger partial charge in [-0.25, -0.2) is 4.98 Å². The van der Waals surface area contributed by atoms with E-state index in [1.807, 2.05) is 47.4 Å². The van der Waals surface area contributed by atoms with E-state index in [4.69, 9.17) is 4.98 Å². The number of aromatic nitrogens is 2. The van der Waals surface area contributed by atoms with E-state index < -0.39 is 0 Å². The molecule has 1 fully saturated rings. The van der Waals surface area contributed by atoms with Crippen molar-refractivity contribution in [2.45, 2.75) is 6.42 Å². The molecule has 0 saturated carbocycles. The molecule has 0 aliphatic carbocycles. The Hall–Kier alpha value is -2.25. The van der Waals surface area contributed by atoms with Crippen molar-refractivity contribution in [1.82, 2.24) is 14.3 Å². The van der Waals surface area contributed by atoms with Gasteiger partial charge in [0.1, 0.15) is 5.82 Å². The molecule has 1 saturated heterocycles. The number of benzene rings is 2. The molecule has 1 amide bonds. The summed E-state index contributed by atoms with van der Waals surface area (Å²) in [4.78, 5) is 21.4. The van der Waals surface area contributed by atoms with Crippen LogP contribution in [0.5, 0.6) is 0 Å². The molecule has 0 unspecified atom stereocenters. The van der Waals surface area contributed by atoms with Crippen LogP contribution >= 0.6 is 27.5 Å². The molecule has 0 spiro atoms. The van der Waals surface area contributed by atoms with E-state index in [-0.39, 0.29) is 5.91 Å². The predicted octanol–water partition coefficient (Wildman–Crippen LogP) is 3.85. The van der Waals surface area contributed by atoms with Crippen LogP contribution in [0.3, 0.4) is 0 Å². The molecule has 0 atom stereocenters. The molecule has 1 aliphatic rings. The molecule has 5 nitrogen and oxygen atoms in total. The van der Waals surface area contributed by atoms with Gasteiger partial charge >= 0.3 is 0 Å². The first-order valence-electron chi connectivity index (χ1n) is 8.85. The third-order valence-electron chi connectivity index (χ3n) is 4.59. The van der Waals surface area contributed by atoms with Crippen LogP contribution in [0.1, 0.15) is 21.7 Å². The van der Waals surface area contributed by atoms with Crippen LogP contribution < -0.4 is 4.90 Å². The molecule has 7 heteroatoms. The third-order valence-corrected chi connectivity index (χ3v) is 5.93. The molecule has 1 aliphatic heterocycles. The molecule has 0 bridgehead atoms. The highest BCUT2D eigenvalue weighted by Crippen LogP contribution is 2.21. The van der Waals surface area contributed by atoms with Gasteiger partial charge in [0, 0.05) is 54.2 Å². The fourth-order valence-corrected chi connectivity index (χ4v) is 4.10. The van der Waals surface area contributed by atoms with E-state index in [2.05, 4.69) is 37.3 Å². The normalized spacial score (nSPS) is 14.4. The Morgan fingerprint density at radius 1 is 1.00 bits per heavy atom. The Morgan fingerprint density at radius 2 is 1.70 bits per heavy atom. The summed E-state index contributed by atoms with van der Waals surface area (Å²) in [5.41, 5.74) is 1.94. The average molecular weight is 443 g/mol. The summed E-state index contributed by atoms with van der Waals surface area (Å²) < 4.78 is 5.48. The molecule has 0 radical (unpaired) electrons. The summed E-state index contributed by atoms with van der Waals surface area (Å²) in [6.07, 6.45) is 0.749. The van der Waals surface area contributed by atoms with Gasteiger partial charge in [0.25, 0.3) is 5.91 Å². The summed E-state index contributed by atoms with van der Waals surface area (Å²) >= 11 is 4.84. The van der Waals surface area contributed by atoms with Crippen molar-refractivity contribution in [2.24, 2.45) is 0 Å². The lowest BCUT2D eigenvalue weighted by Crippen LogP contribution is -2.48. The van der Waals surface area contributed by atoms with Crippen LogP contribution in [0.15, 0.2) is 59.1 Å².